The van der Waals surface area contributed by atoms with Crippen LogP contribution in [0.5, 0.6) is 0 Å². The normalized spacial score (nSPS) is 10.2. The molecule has 5 nitrogen and oxygen atoms in total. The second-order valence-corrected chi connectivity index (χ2v) is 5.34. The fraction of sp³-hybridized carbons (Fsp3) is 0. The Bertz CT molecular complexity index is 774. The van der Waals surface area contributed by atoms with E-state index in [2.05, 4.69) is 20.8 Å². The predicted molar refractivity (Wildman–Crippen MR) is 84.4 cm³/mol. The molecule has 0 aliphatic rings. The van der Waals surface area contributed by atoms with Crippen molar-refractivity contribution in [3.63, 3.8) is 0 Å². The van der Waals surface area contributed by atoms with E-state index in [0.717, 1.165) is 5.56 Å². The summed E-state index contributed by atoms with van der Waals surface area (Å²) in [6.07, 6.45) is 0. The fourth-order valence-corrected chi connectivity index (χ4v) is 2.51. The van der Waals surface area contributed by atoms with Crippen molar-refractivity contribution in [2.75, 3.05) is 10.6 Å². The highest BCUT2D eigenvalue weighted by molar-refractivity contribution is 7.18. The molecule has 3 rings (SSSR count). The Morgan fingerprint density at radius 1 is 0.955 bits per heavy atom. The summed E-state index contributed by atoms with van der Waals surface area (Å²) in [6.45, 7) is 0. The largest absolute Gasteiger partial charge is 0.325 e. The Labute approximate surface area is 129 Å². The Morgan fingerprint density at radius 2 is 1.68 bits per heavy atom. The van der Waals surface area contributed by atoms with Gasteiger partial charge >= 0.3 is 6.03 Å². The number of amides is 2. The zero-order valence-corrected chi connectivity index (χ0v) is 12.1. The van der Waals surface area contributed by atoms with Gasteiger partial charge in [-0.05, 0) is 36.4 Å². The average molecular weight is 314 g/mol. The first-order valence-corrected chi connectivity index (χ1v) is 7.25. The molecule has 0 unspecified atom stereocenters. The van der Waals surface area contributed by atoms with Gasteiger partial charge in [0.25, 0.3) is 0 Å². The summed E-state index contributed by atoms with van der Waals surface area (Å²) < 4.78 is 12.9. The summed E-state index contributed by atoms with van der Waals surface area (Å²) >= 11 is 1.21. The molecule has 110 valence electrons. The Morgan fingerprint density at radius 3 is 2.41 bits per heavy atom. The molecular formula is C15H11FN4OS. The van der Waals surface area contributed by atoms with E-state index in [-0.39, 0.29) is 5.82 Å². The number of hydrogen-bond donors (Lipinski definition) is 2. The lowest BCUT2D eigenvalue weighted by atomic mass is 10.2. The van der Waals surface area contributed by atoms with Gasteiger partial charge in [-0.1, -0.05) is 29.5 Å². The first-order chi connectivity index (χ1) is 10.7. The summed E-state index contributed by atoms with van der Waals surface area (Å²) in [7, 11) is 0. The third kappa shape index (κ3) is 3.44. The molecule has 0 aliphatic carbocycles. The number of nitrogens with one attached hydrogen (secondary N) is 2. The second kappa shape index (κ2) is 6.31. The number of carbonyl (C=O) groups is 1. The molecular weight excluding hydrogens is 303 g/mol. The van der Waals surface area contributed by atoms with E-state index >= 15 is 0 Å². The maximum atomic E-state index is 12.9. The van der Waals surface area contributed by atoms with Crippen molar-refractivity contribution in [1.29, 1.82) is 0 Å². The molecule has 2 aromatic carbocycles. The quantitative estimate of drug-likeness (QED) is 0.768. The lowest BCUT2D eigenvalue weighted by Gasteiger charge is -2.03. The van der Waals surface area contributed by atoms with E-state index in [4.69, 9.17) is 0 Å². The first kappa shape index (κ1) is 14.2. The van der Waals surface area contributed by atoms with Crippen molar-refractivity contribution < 1.29 is 9.18 Å². The molecule has 0 saturated heterocycles. The van der Waals surface area contributed by atoms with Crippen LogP contribution in [0.3, 0.4) is 0 Å². The van der Waals surface area contributed by atoms with Gasteiger partial charge in [-0.3, -0.25) is 5.32 Å². The van der Waals surface area contributed by atoms with Crippen LogP contribution < -0.4 is 10.6 Å². The lowest BCUT2D eigenvalue weighted by Crippen LogP contribution is -2.19. The van der Waals surface area contributed by atoms with Gasteiger partial charge in [0.15, 0.2) is 0 Å². The SMILES string of the molecule is O=C(Nc1ccccc1)Nc1nnc(-c2ccc(F)cc2)s1. The van der Waals surface area contributed by atoms with Crippen LogP contribution in [0, 0.1) is 5.82 Å². The monoisotopic (exact) mass is 314 g/mol. The van der Waals surface area contributed by atoms with Gasteiger partial charge in [0.2, 0.25) is 5.13 Å². The van der Waals surface area contributed by atoms with E-state index in [1.807, 2.05) is 18.2 Å². The van der Waals surface area contributed by atoms with Gasteiger partial charge < -0.3 is 5.32 Å². The smallest absolute Gasteiger partial charge is 0.308 e. The van der Waals surface area contributed by atoms with E-state index in [1.54, 1.807) is 24.3 Å². The molecule has 0 radical (unpaired) electrons. The van der Waals surface area contributed by atoms with Gasteiger partial charge in [-0.2, -0.15) is 0 Å². The molecule has 3 aromatic rings. The number of urea groups is 1. The zero-order chi connectivity index (χ0) is 15.4. The van der Waals surface area contributed by atoms with Crippen LogP contribution in [0.25, 0.3) is 10.6 Å². The topological polar surface area (TPSA) is 66.9 Å². The maximum Gasteiger partial charge on any atom is 0.325 e. The summed E-state index contributed by atoms with van der Waals surface area (Å²) in [5, 5.41) is 14.2. The van der Waals surface area contributed by atoms with Crippen molar-refractivity contribution in [3.05, 3.63) is 60.4 Å². The molecule has 1 aromatic heterocycles. The summed E-state index contributed by atoms with van der Waals surface area (Å²) in [4.78, 5) is 11.8. The van der Waals surface area contributed by atoms with Crippen LogP contribution in [0.2, 0.25) is 0 Å². The molecule has 7 heteroatoms. The van der Waals surface area contributed by atoms with Crippen molar-refractivity contribution in [2.45, 2.75) is 0 Å². The van der Waals surface area contributed by atoms with E-state index in [9.17, 15) is 9.18 Å². The van der Waals surface area contributed by atoms with Crippen molar-refractivity contribution in [1.82, 2.24) is 10.2 Å². The summed E-state index contributed by atoms with van der Waals surface area (Å²) in [5.41, 5.74) is 1.43. The molecule has 0 bridgehead atoms. The van der Waals surface area contributed by atoms with Gasteiger partial charge in [0, 0.05) is 11.3 Å². The number of rotatable bonds is 3. The minimum Gasteiger partial charge on any atom is -0.308 e. The minimum atomic E-state index is -0.395. The van der Waals surface area contributed by atoms with E-state index in [1.165, 1.54) is 23.5 Å². The van der Waals surface area contributed by atoms with Crippen LogP contribution in [0.15, 0.2) is 54.6 Å². The number of para-hydroxylation sites is 1. The fourth-order valence-electron chi connectivity index (χ4n) is 1.76. The lowest BCUT2D eigenvalue weighted by molar-refractivity contribution is 0.262. The molecule has 22 heavy (non-hydrogen) atoms. The number of benzene rings is 2. The molecule has 0 spiro atoms. The second-order valence-electron chi connectivity index (χ2n) is 4.36. The van der Waals surface area contributed by atoms with Crippen LogP contribution in [0.1, 0.15) is 0 Å². The third-order valence-corrected chi connectivity index (χ3v) is 3.66. The van der Waals surface area contributed by atoms with Gasteiger partial charge in [-0.15, -0.1) is 10.2 Å². The van der Waals surface area contributed by atoms with Gasteiger partial charge in [0.1, 0.15) is 10.8 Å². The first-order valence-electron chi connectivity index (χ1n) is 6.43. The molecule has 0 aliphatic heterocycles. The Hall–Kier alpha value is -2.80. The molecule has 0 saturated carbocycles. The van der Waals surface area contributed by atoms with Crippen LogP contribution in [-0.4, -0.2) is 16.2 Å². The Kier molecular flexibility index (Phi) is 4.06. The molecule has 0 fully saturated rings. The van der Waals surface area contributed by atoms with E-state index < -0.39 is 6.03 Å². The highest BCUT2D eigenvalue weighted by Crippen LogP contribution is 2.26. The number of hydrogen-bond acceptors (Lipinski definition) is 4. The maximum absolute atomic E-state index is 12.9. The number of halogens is 1. The zero-order valence-electron chi connectivity index (χ0n) is 11.3. The molecule has 2 N–H and O–H groups in total. The van der Waals surface area contributed by atoms with Crippen LogP contribution in [-0.2, 0) is 0 Å². The third-order valence-electron chi connectivity index (χ3n) is 2.77. The minimum absolute atomic E-state index is 0.311. The summed E-state index contributed by atoms with van der Waals surface area (Å²) in [5.74, 6) is -0.311. The average Bonchev–Trinajstić information content (AvgIpc) is 2.97. The predicted octanol–water partition coefficient (Wildman–Crippen LogP) is 3.99. The number of nitrogens with zero attached hydrogens (tertiary/aromatic N) is 2. The van der Waals surface area contributed by atoms with Gasteiger partial charge in [0.05, 0.1) is 0 Å². The van der Waals surface area contributed by atoms with Crippen LogP contribution >= 0.6 is 11.3 Å². The van der Waals surface area contributed by atoms with Gasteiger partial charge in [-0.25, -0.2) is 9.18 Å². The van der Waals surface area contributed by atoms with Crippen molar-refractivity contribution in [2.24, 2.45) is 0 Å². The van der Waals surface area contributed by atoms with Crippen molar-refractivity contribution in [3.8, 4) is 10.6 Å². The Balaban J connectivity index is 1.66. The highest BCUT2D eigenvalue weighted by Gasteiger charge is 2.09. The van der Waals surface area contributed by atoms with Crippen LogP contribution in [0.4, 0.5) is 20.0 Å². The number of aromatic nitrogens is 2. The highest BCUT2D eigenvalue weighted by atomic mass is 32.1. The molecule has 0 atom stereocenters. The number of carbonyl (C=O) groups excluding carboxylic acids is 1. The number of anilines is 2. The molecule has 2 amide bonds. The van der Waals surface area contributed by atoms with E-state index in [0.29, 0.717) is 15.8 Å². The van der Waals surface area contributed by atoms with Crippen molar-refractivity contribution >= 4 is 28.2 Å². The summed E-state index contributed by atoms with van der Waals surface area (Å²) in [6, 6.07) is 14.6. The molecule has 1 heterocycles. The standard InChI is InChI=1S/C15H11FN4OS/c16-11-8-6-10(7-9-11)13-19-20-15(22-13)18-14(21)17-12-4-2-1-3-5-12/h1-9H,(H2,17,18,20,21).